The molecule has 0 amide bonds. The van der Waals surface area contributed by atoms with Gasteiger partial charge in [-0.3, -0.25) is 4.98 Å². The molecule has 0 aliphatic carbocycles. The Balaban J connectivity index is 3.31. The van der Waals surface area contributed by atoms with Crippen LogP contribution >= 0.6 is 11.6 Å². The zero-order chi connectivity index (χ0) is 9.35. The van der Waals surface area contributed by atoms with E-state index in [9.17, 15) is 5.11 Å². The van der Waals surface area contributed by atoms with Gasteiger partial charge in [0.2, 0.25) is 0 Å². The van der Waals surface area contributed by atoms with Gasteiger partial charge < -0.3 is 5.11 Å². The quantitative estimate of drug-likeness (QED) is 0.705. The molecule has 0 saturated carbocycles. The van der Waals surface area contributed by atoms with E-state index in [1.165, 1.54) is 6.20 Å². The minimum absolute atomic E-state index is 0.224. The number of aromatic nitrogens is 1. The number of hydrogen-bond donors (Lipinski definition) is 1. The smallest absolute Gasteiger partial charge is 0.134 e. The molecule has 4 heteroatoms. The zero-order valence-electron chi connectivity index (χ0n) is 7.43. The number of rotatable bonds is 1. The van der Waals surface area contributed by atoms with Crippen molar-refractivity contribution in [1.82, 2.24) is 4.98 Å². The van der Waals surface area contributed by atoms with E-state index in [4.69, 9.17) is 11.6 Å². The van der Waals surface area contributed by atoms with E-state index in [2.05, 4.69) is 24.6 Å². The maximum atomic E-state index is 9.51. The molecular weight excluding hydrogens is 190 g/mol. The molecule has 1 aromatic heterocycles. The molecule has 1 rings (SSSR count). The van der Waals surface area contributed by atoms with Crippen molar-refractivity contribution >= 4 is 24.9 Å². The minimum Gasteiger partial charge on any atom is -0.506 e. The Bertz CT molecular complexity index is 275. The number of nitrogens with zero attached hydrogens (tertiary/aromatic N) is 1. The third-order valence-corrected chi connectivity index (χ3v) is 4.10. The van der Waals surface area contributed by atoms with Crippen LogP contribution in [0, 0.1) is 0 Å². The van der Waals surface area contributed by atoms with Gasteiger partial charge in [0.25, 0.3) is 0 Å². The van der Waals surface area contributed by atoms with Crippen LogP contribution in [0.3, 0.4) is 0 Å². The highest BCUT2D eigenvalue weighted by Crippen LogP contribution is 2.17. The molecule has 0 saturated heterocycles. The monoisotopic (exact) mass is 201 g/mol. The maximum Gasteiger partial charge on any atom is 0.134 e. The Kier molecular flexibility index (Phi) is 2.44. The molecule has 1 N–H and O–H groups in total. The molecular formula is C8H12ClNOSi. The molecule has 1 heterocycles. The highest BCUT2D eigenvalue weighted by atomic mass is 35.5. The zero-order valence-corrected chi connectivity index (χ0v) is 9.18. The summed E-state index contributed by atoms with van der Waals surface area (Å²) >= 11 is 5.93. The van der Waals surface area contributed by atoms with Crippen molar-refractivity contribution in [2.75, 3.05) is 0 Å². The van der Waals surface area contributed by atoms with Crippen molar-refractivity contribution in [2.45, 2.75) is 19.6 Å². The van der Waals surface area contributed by atoms with Crippen LogP contribution in [0.15, 0.2) is 12.4 Å². The number of hydrogen-bond acceptors (Lipinski definition) is 2. The average Bonchev–Trinajstić information content (AvgIpc) is 1.82. The number of pyridine rings is 1. The summed E-state index contributed by atoms with van der Waals surface area (Å²) in [5.41, 5.74) is 0. The first-order valence-electron chi connectivity index (χ1n) is 3.76. The van der Waals surface area contributed by atoms with E-state index in [0.717, 1.165) is 5.19 Å². The molecule has 0 radical (unpaired) electrons. The SMILES string of the molecule is C[Si](C)(C)c1c(O)cncc1Cl. The van der Waals surface area contributed by atoms with Crippen LogP contribution in [0.4, 0.5) is 0 Å². The fourth-order valence-corrected chi connectivity index (χ4v) is 3.78. The van der Waals surface area contributed by atoms with Gasteiger partial charge in [-0.25, -0.2) is 0 Å². The Morgan fingerprint density at radius 3 is 2.25 bits per heavy atom. The predicted octanol–water partition coefficient (Wildman–Crippen LogP) is 1.99. The Morgan fingerprint density at radius 1 is 1.33 bits per heavy atom. The normalized spacial score (nSPS) is 11.7. The molecule has 12 heavy (non-hydrogen) atoms. The Morgan fingerprint density at radius 2 is 1.92 bits per heavy atom. The second-order valence-corrected chi connectivity index (χ2v) is 9.17. The molecule has 0 atom stereocenters. The van der Waals surface area contributed by atoms with Crippen LogP contribution in [0.25, 0.3) is 0 Å². The first-order chi connectivity index (χ1) is 5.43. The number of halogens is 1. The fourth-order valence-electron chi connectivity index (χ4n) is 1.17. The molecule has 2 nitrogen and oxygen atoms in total. The van der Waals surface area contributed by atoms with E-state index >= 15 is 0 Å². The fraction of sp³-hybridized carbons (Fsp3) is 0.375. The maximum absolute atomic E-state index is 9.51. The third kappa shape index (κ3) is 1.79. The highest BCUT2D eigenvalue weighted by Gasteiger charge is 2.23. The van der Waals surface area contributed by atoms with Crippen LogP contribution in [0.2, 0.25) is 24.7 Å². The van der Waals surface area contributed by atoms with Gasteiger partial charge in [0, 0.05) is 11.4 Å². The lowest BCUT2D eigenvalue weighted by Gasteiger charge is -2.18. The highest BCUT2D eigenvalue weighted by molar-refractivity contribution is 6.90. The molecule has 0 aliphatic heterocycles. The summed E-state index contributed by atoms with van der Waals surface area (Å²) in [6.07, 6.45) is 3.02. The summed E-state index contributed by atoms with van der Waals surface area (Å²) in [5.74, 6) is 0.224. The first-order valence-corrected chi connectivity index (χ1v) is 7.63. The Labute approximate surface area is 78.2 Å². The van der Waals surface area contributed by atoms with E-state index < -0.39 is 8.07 Å². The lowest BCUT2D eigenvalue weighted by molar-refractivity contribution is 0.476. The van der Waals surface area contributed by atoms with Gasteiger partial charge in [0.1, 0.15) is 5.75 Å². The lowest BCUT2D eigenvalue weighted by atomic mass is 10.4. The summed E-state index contributed by atoms with van der Waals surface area (Å²) in [5, 5.41) is 11.0. The van der Waals surface area contributed by atoms with Crippen molar-refractivity contribution in [3.8, 4) is 5.75 Å². The molecule has 0 fully saturated rings. The van der Waals surface area contributed by atoms with Crippen LogP contribution in [-0.2, 0) is 0 Å². The van der Waals surface area contributed by atoms with E-state index in [1.54, 1.807) is 6.20 Å². The summed E-state index contributed by atoms with van der Waals surface area (Å²) in [7, 11) is -1.54. The minimum atomic E-state index is -1.54. The topological polar surface area (TPSA) is 33.1 Å². The van der Waals surface area contributed by atoms with Gasteiger partial charge in [-0.2, -0.15) is 0 Å². The van der Waals surface area contributed by atoms with Crippen molar-refractivity contribution in [3.63, 3.8) is 0 Å². The van der Waals surface area contributed by atoms with Crippen LogP contribution in [0.5, 0.6) is 5.75 Å². The molecule has 0 spiro atoms. The molecule has 0 unspecified atom stereocenters. The van der Waals surface area contributed by atoms with Crippen molar-refractivity contribution < 1.29 is 5.11 Å². The predicted molar refractivity (Wildman–Crippen MR) is 53.9 cm³/mol. The molecule has 66 valence electrons. The van der Waals surface area contributed by atoms with Crippen molar-refractivity contribution in [1.29, 1.82) is 0 Å². The van der Waals surface area contributed by atoms with Crippen molar-refractivity contribution in [3.05, 3.63) is 17.4 Å². The third-order valence-electron chi connectivity index (χ3n) is 1.63. The van der Waals surface area contributed by atoms with E-state index in [-0.39, 0.29) is 5.75 Å². The molecule has 0 aliphatic rings. The lowest BCUT2D eigenvalue weighted by Crippen LogP contribution is -2.38. The van der Waals surface area contributed by atoms with Gasteiger partial charge in [-0.05, 0) is 0 Å². The molecule has 0 bridgehead atoms. The van der Waals surface area contributed by atoms with Crippen LogP contribution < -0.4 is 5.19 Å². The van der Waals surface area contributed by atoms with Crippen LogP contribution in [0.1, 0.15) is 0 Å². The van der Waals surface area contributed by atoms with E-state index in [1.807, 2.05) is 0 Å². The van der Waals surface area contributed by atoms with E-state index in [0.29, 0.717) is 5.02 Å². The van der Waals surface area contributed by atoms with Gasteiger partial charge in [-0.1, -0.05) is 31.2 Å². The number of aromatic hydroxyl groups is 1. The van der Waals surface area contributed by atoms with Crippen molar-refractivity contribution in [2.24, 2.45) is 0 Å². The van der Waals surface area contributed by atoms with Gasteiger partial charge in [0.05, 0.1) is 19.3 Å². The largest absolute Gasteiger partial charge is 0.506 e. The Hall–Kier alpha value is -0.543. The second kappa shape index (κ2) is 3.07. The second-order valence-electron chi connectivity index (χ2n) is 3.77. The summed E-state index contributed by atoms with van der Waals surface area (Å²) in [4.78, 5) is 3.80. The van der Waals surface area contributed by atoms with Crippen LogP contribution in [-0.4, -0.2) is 18.2 Å². The average molecular weight is 202 g/mol. The molecule has 0 aromatic carbocycles. The molecule has 1 aromatic rings. The van der Waals surface area contributed by atoms with Gasteiger partial charge in [-0.15, -0.1) is 0 Å². The van der Waals surface area contributed by atoms with Gasteiger partial charge >= 0.3 is 0 Å². The summed E-state index contributed by atoms with van der Waals surface area (Å²) in [6, 6.07) is 0. The standard InChI is InChI=1S/C8H12ClNOSi/c1-12(2,3)8-6(9)4-10-5-7(8)11/h4-5,11H,1-3H3. The van der Waals surface area contributed by atoms with Gasteiger partial charge in [0.15, 0.2) is 0 Å². The summed E-state index contributed by atoms with van der Waals surface area (Å²) in [6.45, 7) is 6.40. The first kappa shape index (κ1) is 9.54. The summed E-state index contributed by atoms with van der Waals surface area (Å²) < 4.78 is 0.